The number of hydrogen-bond donors (Lipinski definition) is 2. The number of aromatic hydroxyl groups is 1. The van der Waals surface area contributed by atoms with Crippen molar-refractivity contribution in [3.8, 4) is 11.5 Å². The van der Waals surface area contributed by atoms with Gasteiger partial charge in [-0.3, -0.25) is 4.68 Å². The molecular formula is C14H16N2O4. The Balaban J connectivity index is 2.18. The molecule has 20 heavy (non-hydrogen) atoms. The summed E-state index contributed by atoms with van der Waals surface area (Å²) in [7, 11) is 0. The van der Waals surface area contributed by atoms with Crippen LogP contribution in [0.2, 0.25) is 0 Å². The lowest BCUT2D eigenvalue weighted by molar-refractivity contribution is 0.0689. The fourth-order valence-corrected chi connectivity index (χ4v) is 1.82. The predicted molar refractivity (Wildman–Crippen MR) is 72.0 cm³/mol. The number of aromatic nitrogens is 2. The topological polar surface area (TPSA) is 84.6 Å². The summed E-state index contributed by atoms with van der Waals surface area (Å²) in [4.78, 5) is 11.0. The third kappa shape index (κ3) is 3.09. The number of ether oxygens (including phenoxy) is 1. The van der Waals surface area contributed by atoms with Gasteiger partial charge in [0, 0.05) is 12.1 Å². The molecule has 0 saturated carbocycles. The number of nitrogens with zero attached hydrogens (tertiary/aromatic N) is 2. The van der Waals surface area contributed by atoms with Gasteiger partial charge in [-0.25, -0.2) is 4.79 Å². The summed E-state index contributed by atoms with van der Waals surface area (Å²) in [6, 6.07) is 7.96. The number of rotatable bonds is 5. The Morgan fingerprint density at radius 3 is 2.75 bits per heavy atom. The summed E-state index contributed by atoms with van der Waals surface area (Å²) in [5, 5.41) is 22.4. The molecule has 6 heteroatoms. The van der Waals surface area contributed by atoms with Crippen molar-refractivity contribution in [2.24, 2.45) is 0 Å². The largest absolute Gasteiger partial charge is 0.508 e. The molecule has 106 valence electrons. The number of hydrogen-bond acceptors (Lipinski definition) is 4. The van der Waals surface area contributed by atoms with E-state index in [9.17, 15) is 9.90 Å². The van der Waals surface area contributed by atoms with Crippen LogP contribution in [0, 0.1) is 0 Å². The van der Waals surface area contributed by atoms with Crippen molar-refractivity contribution >= 4 is 5.97 Å². The van der Waals surface area contributed by atoms with E-state index in [-0.39, 0.29) is 24.1 Å². The molecule has 0 aliphatic heterocycles. The van der Waals surface area contributed by atoms with Gasteiger partial charge in [-0.2, -0.15) is 5.10 Å². The Bertz CT molecular complexity index is 619. The Hall–Kier alpha value is -2.50. The molecular weight excluding hydrogens is 260 g/mol. The first-order valence-electron chi connectivity index (χ1n) is 6.21. The predicted octanol–water partition coefficient (Wildman–Crippen LogP) is 2.45. The average Bonchev–Trinajstić information content (AvgIpc) is 2.81. The molecule has 0 fully saturated rings. The first-order chi connectivity index (χ1) is 9.47. The lowest BCUT2D eigenvalue weighted by atomic mass is 10.3. The van der Waals surface area contributed by atoms with Crippen LogP contribution in [0.1, 0.15) is 36.1 Å². The third-order valence-electron chi connectivity index (χ3n) is 2.73. The molecule has 0 atom stereocenters. The standard InChI is InChI=1S/C14H16N2O4/c1-9(2)16-10(6-13(15-16)14(18)19)8-20-12-5-3-4-11(17)7-12/h3-7,9,17H,8H2,1-2H3,(H,18,19). The van der Waals surface area contributed by atoms with E-state index in [1.165, 1.54) is 12.1 Å². The Morgan fingerprint density at radius 1 is 1.40 bits per heavy atom. The quantitative estimate of drug-likeness (QED) is 0.876. The zero-order valence-electron chi connectivity index (χ0n) is 11.3. The zero-order chi connectivity index (χ0) is 14.7. The van der Waals surface area contributed by atoms with Crippen LogP contribution in [0.15, 0.2) is 30.3 Å². The van der Waals surface area contributed by atoms with E-state index >= 15 is 0 Å². The van der Waals surface area contributed by atoms with Crippen molar-refractivity contribution in [2.45, 2.75) is 26.5 Å². The Labute approximate surface area is 116 Å². The molecule has 6 nitrogen and oxygen atoms in total. The number of carboxylic acids is 1. The molecule has 0 saturated heterocycles. The van der Waals surface area contributed by atoms with Crippen molar-refractivity contribution in [3.63, 3.8) is 0 Å². The van der Waals surface area contributed by atoms with Crippen LogP contribution in [0.4, 0.5) is 0 Å². The SMILES string of the molecule is CC(C)n1nc(C(=O)O)cc1COc1cccc(O)c1. The second kappa shape index (κ2) is 5.64. The molecule has 0 radical (unpaired) electrons. The summed E-state index contributed by atoms with van der Waals surface area (Å²) in [6.45, 7) is 4.01. The van der Waals surface area contributed by atoms with Crippen molar-refractivity contribution in [1.82, 2.24) is 9.78 Å². The van der Waals surface area contributed by atoms with Crippen molar-refractivity contribution in [2.75, 3.05) is 0 Å². The van der Waals surface area contributed by atoms with Crippen LogP contribution < -0.4 is 4.74 Å². The maximum Gasteiger partial charge on any atom is 0.356 e. The van der Waals surface area contributed by atoms with E-state index in [1.807, 2.05) is 13.8 Å². The molecule has 1 aromatic heterocycles. The minimum absolute atomic E-state index is 0.00629. The molecule has 2 N–H and O–H groups in total. The molecule has 0 bridgehead atoms. The molecule has 0 aliphatic rings. The van der Waals surface area contributed by atoms with Gasteiger partial charge in [-0.15, -0.1) is 0 Å². The number of phenolic OH excluding ortho intramolecular Hbond substituents is 1. The molecule has 2 aromatic rings. The van der Waals surface area contributed by atoms with E-state index in [0.717, 1.165) is 0 Å². The zero-order valence-corrected chi connectivity index (χ0v) is 11.3. The van der Waals surface area contributed by atoms with Crippen molar-refractivity contribution in [1.29, 1.82) is 0 Å². The first kappa shape index (κ1) is 13.9. The van der Waals surface area contributed by atoms with Crippen LogP contribution >= 0.6 is 0 Å². The van der Waals surface area contributed by atoms with Gasteiger partial charge in [-0.1, -0.05) is 6.07 Å². The van der Waals surface area contributed by atoms with Crippen LogP contribution in [0.25, 0.3) is 0 Å². The fourth-order valence-electron chi connectivity index (χ4n) is 1.82. The maximum absolute atomic E-state index is 11.0. The van der Waals surface area contributed by atoms with E-state index in [4.69, 9.17) is 9.84 Å². The van der Waals surface area contributed by atoms with Gasteiger partial charge in [0.05, 0.1) is 5.69 Å². The summed E-state index contributed by atoms with van der Waals surface area (Å²) >= 11 is 0. The normalized spacial score (nSPS) is 10.8. The minimum Gasteiger partial charge on any atom is -0.508 e. The highest BCUT2D eigenvalue weighted by Gasteiger charge is 2.15. The molecule has 0 spiro atoms. The molecule has 2 rings (SSSR count). The molecule has 1 aromatic carbocycles. The van der Waals surface area contributed by atoms with E-state index in [0.29, 0.717) is 11.4 Å². The minimum atomic E-state index is -1.07. The highest BCUT2D eigenvalue weighted by molar-refractivity contribution is 5.85. The molecule has 0 unspecified atom stereocenters. The van der Waals surface area contributed by atoms with Crippen molar-refractivity contribution < 1.29 is 19.7 Å². The summed E-state index contributed by atoms with van der Waals surface area (Å²) in [6.07, 6.45) is 0. The maximum atomic E-state index is 11.0. The highest BCUT2D eigenvalue weighted by atomic mass is 16.5. The molecule has 1 heterocycles. The van der Waals surface area contributed by atoms with Crippen LogP contribution in [0.3, 0.4) is 0 Å². The second-order valence-corrected chi connectivity index (χ2v) is 4.65. The Morgan fingerprint density at radius 2 is 2.15 bits per heavy atom. The highest BCUT2D eigenvalue weighted by Crippen LogP contribution is 2.20. The van der Waals surface area contributed by atoms with Gasteiger partial charge < -0.3 is 14.9 Å². The molecule has 0 amide bonds. The second-order valence-electron chi connectivity index (χ2n) is 4.65. The van der Waals surface area contributed by atoms with E-state index in [2.05, 4.69) is 5.10 Å². The summed E-state index contributed by atoms with van der Waals surface area (Å²) in [5.41, 5.74) is 0.661. The number of aromatic carboxylic acids is 1. The Kier molecular flexibility index (Phi) is 3.93. The van der Waals surface area contributed by atoms with Crippen molar-refractivity contribution in [3.05, 3.63) is 41.7 Å². The van der Waals surface area contributed by atoms with Gasteiger partial charge >= 0.3 is 5.97 Å². The summed E-state index contributed by atoms with van der Waals surface area (Å²) in [5.74, 6) is -0.438. The lowest BCUT2D eigenvalue weighted by Gasteiger charge is -2.11. The van der Waals surface area contributed by atoms with E-state index in [1.54, 1.807) is 22.9 Å². The summed E-state index contributed by atoms with van der Waals surface area (Å²) < 4.78 is 7.16. The number of phenols is 1. The lowest BCUT2D eigenvalue weighted by Crippen LogP contribution is -2.10. The van der Waals surface area contributed by atoms with Gasteiger partial charge in [0.25, 0.3) is 0 Å². The third-order valence-corrected chi connectivity index (χ3v) is 2.73. The van der Waals surface area contributed by atoms with E-state index < -0.39 is 5.97 Å². The van der Waals surface area contributed by atoms with Gasteiger partial charge in [0.15, 0.2) is 5.69 Å². The number of benzene rings is 1. The van der Waals surface area contributed by atoms with Crippen LogP contribution in [-0.2, 0) is 6.61 Å². The fraction of sp³-hybridized carbons (Fsp3) is 0.286. The number of carbonyl (C=O) groups is 1. The first-order valence-corrected chi connectivity index (χ1v) is 6.21. The number of carboxylic acid groups (broad SMARTS) is 1. The molecule has 0 aliphatic carbocycles. The average molecular weight is 276 g/mol. The van der Waals surface area contributed by atoms with Gasteiger partial charge in [-0.05, 0) is 32.0 Å². The smallest absolute Gasteiger partial charge is 0.356 e. The van der Waals surface area contributed by atoms with Crippen LogP contribution in [0.5, 0.6) is 11.5 Å². The van der Waals surface area contributed by atoms with Crippen LogP contribution in [-0.4, -0.2) is 26.0 Å². The van der Waals surface area contributed by atoms with Gasteiger partial charge in [0.2, 0.25) is 0 Å². The van der Waals surface area contributed by atoms with Gasteiger partial charge in [0.1, 0.15) is 18.1 Å². The monoisotopic (exact) mass is 276 g/mol.